The van der Waals surface area contributed by atoms with Crippen LogP contribution in [-0.2, 0) is 0 Å². The summed E-state index contributed by atoms with van der Waals surface area (Å²) < 4.78 is 5.74. The van der Waals surface area contributed by atoms with E-state index in [0.717, 1.165) is 30.5 Å². The Morgan fingerprint density at radius 1 is 1.35 bits per heavy atom. The number of hydrogen-bond donors (Lipinski definition) is 1. The summed E-state index contributed by atoms with van der Waals surface area (Å²) in [4.78, 5) is 6.57. The van der Waals surface area contributed by atoms with Crippen LogP contribution in [0.5, 0.6) is 0 Å². The topological polar surface area (TPSA) is 49.5 Å². The highest BCUT2D eigenvalue weighted by Crippen LogP contribution is 2.27. The number of oxazole rings is 1. The number of aliphatic hydroxyl groups excluding tert-OH is 1. The lowest BCUT2D eigenvalue weighted by atomic mass is 10.0. The van der Waals surface area contributed by atoms with Crippen LogP contribution >= 0.6 is 0 Å². The van der Waals surface area contributed by atoms with Crippen LogP contribution < -0.4 is 4.90 Å². The second kappa shape index (κ2) is 4.37. The van der Waals surface area contributed by atoms with Crippen molar-refractivity contribution in [2.75, 3.05) is 18.1 Å². The fourth-order valence-corrected chi connectivity index (χ4v) is 2.43. The van der Waals surface area contributed by atoms with E-state index in [1.165, 1.54) is 6.42 Å². The number of aliphatic hydroxyl groups is 1. The quantitative estimate of drug-likeness (QED) is 0.862. The third-order valence-corrected chi connectivity index (χ3v) is 3.37. The molecule has 1 atom stereocenters. The third kappa shape index (κ3) is 1.89. The minimum Gasteiger partial charge on any atom is -0.423 e. The molecule has 2 heterocycles. The Kier molecular flexibility index (Phi) is 2.73. The van der Waals surface area contributed by atoms with Gasteiger partial charge in [-0.15, -0.1) is 0 Å². The molecule has 0 aliphatic carbocycles. The highest BCUT2D eigenvalue weighted by atomic mass is 16.4. The van der Waals surface area contributed by atoms with Gasteiger partial charge >= 0.3 is 0 Å². The van der Waals surface area contributed by atoms with Gasteiger partial charge < -0.3 is 14.4 Å². The Hall–Kier alpha value is -1.55. The molecule has 0 saturated carbocycles. The summed E-state index contributed by atoms with van der Waals surface area (Å²) >= 11 is 0. The molecule has 4 nitrogen and oxygen atoms in total. The molecule has 0 unspecified atom stereocenters. The van der Waals surface area contributed by atoms with Gasteiger partial charge in [0.05, 0.1) is 12.6 Å². The fraction of sp³-hybridized carbons (Fsp3) is 0.462. The van der Waals surface area contributed by atoms with Gasteiger partial charge in [-0.2, -0.15) is 4.98 Å². The van der Waals surface area contributed by atoms with Gasteiger partial charge in [0.1, 0.15) is 5.52 Å². The molecule has 2 aromatic rings. The normalized spacial score (nSPS) is 21.0. The SMILES string of the molecule is OC[C@H]1CCCCN1c1nc2ccccc2o1. The minimum atomic E-state index is 0.150. The number of anilines is 1. The Morgan fingerprint density at radius 2 is 2.24 bits per heavy atom. The van der Waals surface area contributed by atoms with Gasteiger partial charge in [-0.1, -0.05) is 12.1 Å². The number of para-hydroxylation sites is 2. The highest BCUT2D eigenvalue weighted by molar-refractivity contribution is 5.74. The molecule has 0 radical (unpaired) electrons. The van der Waals surface area contributed by atoms with E-state index in [-0.39, 0.29) is 12.6 Å². The molecule has 1 aliphatic heterocycles. The van der Waals surface area contributed by atoms with Crippen molar-refractivity contribution >= 4 is 17.1 Å². The molecule has 4 heteroatoms. The maximum atomic E-state index is 9.39. The summed E-state index contributed by atoms with van der Waals surface area (Å²) in [6, 6.07) is 8.55. The van der Waals surface area contributed by atoms with Crippen LogP contribution in [0.4, 0.5) is 6.01 Å². The van der Waals surface area contributed by atoms with E-state index in [2.05, 4.69) is 9.88 Å². The van der Waals surface area contributed by atoms with Crippen molar-refractivity contribution in [2.45, 2.75) is 25.3 Å². The predicted octanol–water partition coefficient (Wildman–Crippen LogP) is 2.18. The van der Waals surface area contributed by atoms with Crippen molar-refractivity contribution in [3.63, 3.8) is 0 Å². The lowest BCUT2D eigenvalue weighted by Crippen LogP contribution is -2.42. The number of piperidine rings is 1. The van der Waals surface area contributed by atoms with Gasteiger partial charge in [-0.05, 0) is 31.4 Å². The largest absolute Gasteiger partial charge is 0.423 e. The highest BCUT2D eigenvalue weighted by Gasteiger charge is 2.25. The monoisotopic (exact) mass is 232 g/mol. The second-order valence-electron chi connectivity index (χ2n) is 4.49. The summed E-state index contributed by atoms with van der Waals surface area (Å²) in [5.41, 5.74) is 1.69. The molecule has 0 spiro atoms. The van der Waals surface area contributed by atoms with E-state index in [4.69, 9.17) is 4.42 Å². The van der Waals surface area contributed by atoms with E-state index >= 15 is 0 Å². The maximum Gasteiger partial charge on any atom is 0.298 e. The molecule has 0 bridgehead atoms. The van der Waals surface area contributed by atoms with Crippen molar-refractivity contribution < 1.29 is 9.52 Å². The van der Waals surface area contributed by atoms with Gasteiger partial charge in [0, 0.05) is 6.54 Å². The molecule has 3 rings (SSSR count). The first-order chi connectivity index (χ1) is 8.38. The number of benzene rings is 1. The molecule has 1 aliphatic rings. The molecule has 0 amide bonds. The van der Waals surface area contributed by atoms with E-state index < -0.39 is 0 Å². The molecule has 1 aromatic heterocycles. The first kappa shape index (κ1) is 10.6. The molecular weight excluding hydrogens is 216 g/mol. The van der Waals surface area contributed by atoms with Crippen LogP contribution in [0, 0.1) is 0 Å². The summed E-state index contributed by atoms with van der Waals surface area (Å²) in [6.07, 6.45) is 3.31. The van der Waals surface area contributed by atoms with Gasteiger partial charge in [-0.3, -0.25) is 0 Å². The standard InChI is InChI=1S/C13H16N2O2/c16-9-10-5-3-4-8-15(10)13-14-11-6-1-2-7-12(11)17-13/h1-2,6-7,10,16H,3-5,8-9H2/t10-/m1/s1. The van der Waals surface area contributed by atoms with Crippen LogP contribution in [0.15, 0.2) is 28.7 Å². The molecule has 1 saturated heterocycles. The zero-order valence-corrected chi connectivity index (χ0v) is 9.67. The summed E-state index contributed by atoms with van der Waals surface area (Å²) in [5, 5.41) is 9.39. The fourth-order valence-electron chi connectivity index (χ4n) is 2.43. The van der Waals surface area contributed by atoms with E-state index in [0.29, 0.717) is 6.01 Å². The van der Waals surface area contributed by atoms with Gasteiger partial charge in [0.25, 0.3) is 6.01 Å². The van der Waals surface area contributed by atoms with Gasteiger partial charge in [-0.25, -0.2) is 0 Å². The smallest absolute Gasteiger partial charge is 0.298 e. The van der Waals surface area contributed by atoms with Crippen molar-refractivity contribution in [3.8, 4) is 0 Å². The van der Waals surface area contributed by atoms with Crippen LogP contribution in [0.2, 0.25) is 0 Å². The summed E-state index contributed by atoms with van der Waals surface area (Å²) in [6.45, 7) is 1.08. The number of rotatable bonds is 2. The number of hydrogen-bond acceptors (Lipinski definition) is 4. The van der Waals surface area contributed by atoms with Crippen molar-refractivity contribution in [1.82, 2.24) is 4.98 Å². The Morgan fingerprint density at radius 3 is 3.06 bits per heavy atom. The third-order valence-electron chi connectivity index (χ3n) is 3.37. The average molecular weight is 232 g/mol. The first-order valence-corrected chi connectivity index (χ1v) is 6.11. The van der Waals surface area contributed by atoms with E-state index in [9.17, 15) is 5.11 Å². The molecule has 90 valence electrons. The Balaban J connectivity index is 1.96. The minimum absolute atomic E-state index is 0.150. The number of aromatic nitrogens is 1. The molecule has 17 heavy (non-hydrogen) atoms. The van der Waals surface area contributed by atoms with Crippen molar-refractivity contribution in [1.29, 1.82) is 0 Å². The van der Waals surface area contributed by atoms with Crippen LogP contribution in [0.25, 0.3) is 11.1 Å². The van der Waals surface area contributed by atoms with Crippen molar-refractivity contribution in [2.24, 2.45) is 0 Å². The van der Waals surface area contributed by atoms with E-state index in [1.807, 2.05) is 24.3 Å². The predicted molar refractivity (Wildman–Crippen MR) is 66.1 cm³/mol. The zero-order chi connectivity index (χ0) is 11.7. The summed E-state index contributed by atoms with van der Waals surface area (Å²) in [7, 11) is 0. The lowest BCUT2D eigenvalue weighted by molar-refractivity contribution is 0.235. The van der Waals surface area contributed by atoms with Crippen LogP contribution in [0.1, 0.15) is 19.3 Å². The molecule has 1 N–H and O–H groups in total. The van der Waals surface area contributed by atoms with Gasteiger partial charge in [0.2, 0.25) is 0 Å². The second-order valence-corrected chi connectivity index (χ2v) is 4.49. The average Bonchev–Trinajstić information content (AvgIpc) is 2.82. The maximum absolute atomic E-state index is 9.39. The van der Waals surface area contributed by atoms with Crippen LogP contribution in [-0.4, -0.2) is 29.3 Å². The summed E-state index contributed by atoms with van der Waals surface area (Å²) in [5.74, 6) is 0. The Labute approximate surface area is 99.9 Å². The molecule has 1 aromatic carbocycles. The van der Waals surface area contributed by atoms with Gasteiger partial charge in [0.15, 0.2) is 5.58 Å². The van der Waals surface area contributed by atoms with Crippen LogP contribution in [0.3, 0.4) is 0 Å². The van der Waals surface area contributed by atoms with E-state index in [1.54, 1.807) is 0 Å². The molecule has 1 fully saturated rings. The lowest BCUT2D eigenvalue weighted by Gasteiger charge is -2.33. The first-order valence-electron chi connectivity index (χ1n) is 6.11. The van der Waals surface area contributed by atoms with Crippen molar-refractivity contribution in [3.05, 3.63) is 24.3 Å². The Bertz CT molecular complexity index is 476. The molecular formula is C13H16N2O2. The number of fused-ring (bicyclic) bond motifs is 1. The zero-order valence-electron chi connectivity index (χ0n) is 9.67. The number of nitrogens with zero attached hydrogens (tertiary/aromatic N) is 2.